The van der Waals surface area contributed by atoms with E-state index >= 15 is 0 Å². The van der Waals surface area contributed by atoms with E-state index in [1.165, 1.54) is 16.3 Å². The van der Waals surface area contributed by atoms with Gasteiger partial charge in [-0.25, -0.2) is 0 Å². The Bertz CT molecular complexity index is 575. The summed E-state index contributed by atoms with van der Waals surface area (Å²) in [6.45, 7) is 1.95. The van der Waals surface area contributed by atoms with Crippen molar-refractivity contribution < 1.29 is 4.74 Å². The van der Waals surface area contributed by atoms with E-state index < -0.39 is 0 Å². The predicted octanol–water partition coefficient (Wildman–Crippen LogP) is 1.93. The van der Waals surface area contributed by atoms with Crippen molar-refractivity contribution in [3.05, 3.63) is 48.0 Å². The van der Waals surface area contributed by atoms with E-state index in [1.807, 2.05) is 0 Å². The van der Waals surface area contributed by atoms with Gasteiger partial charge in [0.25, 0.3) is 0 Å². The first-order valence-corrected chi connectivity index (χ1v) is 6.80. The quantitative estimate of drug-likeness (QED) is 0.479. The zero-order chi connectivity index (χ0) is 14.2. The second kappa shape index (κ2) is 7.50. The lowest BCUT2D eigenvalue weighted by atomic mass is 10.0. The van der Waals surface area contributed by atoms with E-state index in [2.05, 4.69) is 52.8 Å². The smallest absolute Gasteiger partial charge is 0.188 e. The normalized spacial score (nSPS) is 11.8. The molecule has 106 valence electrons. The van der Waals surface area contributed by atoms with Crippen LogP contribution in [0.1, 0.15) is 5.56 Å². The second-order valence-electron chi connectivity index (χ2n) is 4.57. The van der Waals surface area contributed by atoms with Gasteiger partial charge in [-0.2, -0.15) is 0 Å². The number of ether oxygens (including phenoxy) is 1. The molecule has 20 heavy (non-hydrogen) atoms. The number of rotatable bonds is 6. The van der Waals surface area contributed by atoms with Gasteiger partial charge in [-0.1, -0.05) is 42.5 Å². The topological polar surface area (TPSA) is 59.6 Å². The summed E-state index contributed by atoms with van der Waals surface area (Å²) in [5.41, 5.74) is 7.09. The van der Waals surface area contributed by atoms with Crippen LogP contribution in [0.25, 0.3) is 10.8 Å². The van der Waals surface area contributed by atoms with E-state index in [0.29, 0.717) is 19.1 Å². The molecule has 0 aliphatic carbocycles. The van der Waals surface area contributed by atoms with Crippen LogP contribution in [0.4, 0.5) is 0 Å². The summed E-state index contributed by atoms with van der Waals surface area (Å²) in [5.74, 6) is 0.474. The molecular formula is C16H21N3O. The van der Waals surface area contributed by atoms with E-state index in [4.69, 9.17) is 10.5 Å². The van der Waals surface area contributed by atoms with Crippen LogP contribution in [-0.4, -0.2) is 32.8 Å². The molecule has 2 rings (SSSR count). The monoisotopic (exact) mass is 271 g/mol. The maximum absolute atomic E-state index is 5.77. The van der Waals surface area contributed by atoms with Gasteiger partial charge in [0, 0.05) is 13.7 Å². The molecule has 0 atom stereocenters. The number of nitrogens with zero attached hydrogens (tertiary/aromatic N) is 1. The number of aliphatic imine (C=N–C) groups is 1. The van der Waals surface area contributed by atoms with Gasteiger partial charge < -0.3 is 15.8 Å². The van der Waals surface area contributed by atoms with Crippen molar-refractivity contribution in [2.75, 3.05) is 26.8 Å². The molecule has 4 heteroatoms. The lowest BCUT2D eigenvalue weighted by Crippen LogP contribution is -2.33. The van der Waals surface area contributed by atoms with Gasteiger partial charge in [-0.15, -0.1) is 0 Å². The highest BCUT2D eigenvalue weighted by Gasteiger charge is 2.00. The minimum Gasteiger partial charge on any atom is -0.383 e. The van der Waals surface area contributed by atoms with Crippen molar-refractivity contribution in [3.63, 3.8) is 0 Å². The fraction of sp³-hybridized carbons (Fsp3) is 0.312. The molecule has 0 unspecified atom stereocenters. The Balaban J connectivity index is 1.91. The van der Waals surface area contributed by atoms with E-state index in [-0.39, 0.29) is 0 Å². The van der Waals surface area contributed by atoms with Crippen LogP contribution in [0.5, 0.6) is 0 Å². The van der Waals surface area contributed by atoms with E-state index in [0.717, 1.165) is 13.0 Å². The molecule has 0 saturated carbocycles. The molecule has 2 aromatic rings. The third kappa shape index (κ3) is 3.96. The number of fused-ring (bicyclic) bond motifs is 1. The Labute approximate surface area is 119 Å². The van der Waals surface area contributed by atoms with Crippen molar-refractivity contribution in [1.29, 1.82) is 0 Å². The zero-order valence-corrected chi connectivity index (χ0v) is 11.8. The molecule has 0 aliphatic heterocycles. The Morgan fingerprint density at radius 1 is 1.20 bits per heavy atom. The highest BCUT2D eigenvalue weighted by atomic mass is 16.5. The van der Waals surface area contributed by atoms with Crippen molar-refractivity contribution >= 4 is 16.7 Å². The first-order chi connectivity index (χ1) is 9.81. The number of nitrogens with two attached hydrogens (primary N) is 1. The minimum atomic E-state index is 0.474. The number of methoxy groups -OCH3 is 1. The third-order valence-corrected chi connectivity index (χ3v) is 3.16. The molecule has 0 fully saturated rings. The van der Waals surface area contributed by atoms with Crippen LogP contribution < -0.4 is 11.1 Å². The molecule has 0 bridgehead atoms. The fourth-order valence-corrected chi connectivity index (χ4v) is 2.15. The summed E-state index contributed by atoms with van der Waals surface area (Å²) >= 11 is 0. The van der Waals surface area contributed by atoms with Gasteiger partial charge >= 0.3 is 0 Å². The summed E-state index contributed by atoms with van der Waals surface area (Å²) in [4.78, 5) is 4.17. The molecule has 2 aromatic carbocycles. The summed E-state index contributed by atoms with van der Waals surface area (Å²) in [5, 5.41) is 5.69. The third-order valence-electron chi connectivity index (χ3n) is 3.16. The highest BCUT2D eigenvalue weighted by molar-refractivity contribution is 5.85. The maximum Gasteiger partial charge on any atom is 0.188 e. The van der Waals surface area contributed by atoms with Gasteiger partial charge in [0.15, 0.2) is 5.96 Å². The zero-order valence-electron chi connectivity index (χ0n) is 11.8. The second-order valence-corrected chi connectivity index (χ2v) is 4.57. The number of nitrogens with one attached hydrogen (secondary N) is 1. The van der Waals surface area contributed by atoms with Crippen LogP contribution in [0.2, 0.25) is 0 Å². The molecule has 0 saturated heterocycles. The molecular weight excluding hydrogens is 250 g/mol. The molecule has 0 heterocycles. The van der Waals surface area contributed by atoms with Crippen molar-refractivity contribution in [3.8, 4) is 0 Å². The average Bonchev–Trinajstić information content (AvgIpc) is 2.48. The summed E-state index contributed by atoms with van der Waals surface area (Å²) in [6, 6.07) is 14.8. The lowest BCUT2D eigenvalue weighted by molar-refractivity contribution is 0.208. The van der Waals surface area contributed by atoms with Crippen molar-refractivity contribution in [2.24, 2.45) is 10.7 Å². The van der Waals surface area contributed by atoms with Crippen LogP contribution in [0, 0.1) is 0 Å². The van der Waals surface area contributed by atoms with Crippen LogP contribution >= 0.6 is 0 Å². The maximum atomic E-state index is 5.77. The first kappa shape index (κ1) is 14.3. The van der Waals surface area contributed by atoms with Gasteiger partial charge in [0.2, 0.25) is 0 Å². The van der Waals surface area contributed by atoms with Gasteiger partial charge in [-0.3, -0.25) is 4.99 Å². The molecule has 3 N–H and O–H groups in total. The van der Waals surface area contributed by atoms with Gasteiger partial charge in [-0.05, 0) is 22.8 Å². The molecule has 0 spiro atoms. The van der Waals surface area contributed by atoms with Gasteiger partial charge in [0.1, 0.15) is 0 Å². The molecule has 0 aromatic heterocycles. The lowest BCUT2D eigenvalue weighted by Gasteiger charge is -2.08. The van der Waals surface area contributed by atoms with Gasteiger partial charge in [0.05, 0.1) is 13.2 Å². The molecule has 0 radical (unpaired) electrons. The standard InChI is InChI=1S/C16H21N3O/c1-20-12-11-19-16(17)18-10-9-14-7-4-6-13-5-2-3-8-15(13)14/h2-8H,9-12H2,1H3,(H3,17,18,19). The Kier molecular flexibility index (Phi) is 5.38. The Morgan fingerprint density at radius 2 is 2.00 bits per heavy atom. The average molecular weight is 271 g/mol. The largest absolute Gasteiger partial charge is 0.383 e. The van der Waals surface area contributed by atoms with Crippen molar-refractivity contribution in [2.45, 2.75) is 6.42 Å². The number of benzene rings is 2. The SMILES string of the molecule is COCCN=C(N)NCCc1cccc2ccccc12. The highest BCUT2D eigenvalue weighted by Crippen LogP contribution is 2.18. The van der Waals surface area contributed by atoms with Crippen molar-refractivity contribution in [1.82, 2.24) is 5.32 Å². The number of hydrogen-bond acceptors (Lipinski definition) is 2. The fourth-order valence-electron chi connectivity index (χ4n) is 2.15. The summed E-state index contributed by atoms with van der Waals surface area (Å²) < 4.78 is 4.92. The van der Waals surface area contributed by atoms with Crippen LogP contribution in [-0.2, 0) is 11.2 Å². The van der Waals surface area contributed by atoms with Crippen LogP contribution in [0.15, 0.2) is 47.5 Å². The number of guanidine groups is 1. The van der Waals surface area contributed by atoms with E-state index in [1.54, 1.807) is 7.11 Å². The minimum absolute atomic E-state index is 0.474. The Morgan fingerprint density at radius 3 is 2.85 bits per heavy atom. The Hall–Kier alpha value is -2.07. The summed E-state index contributed by atoms with van der Waals surface area (Å²) in [7, 11) is 1.65. The van der Waals surface area contributed by atoms with E-state index in [9.17, 15) is 0 Å². The molecule has 0 aliphatic rings. The predicted molar refractivity (Wildman–Crippen MR) is 84.0 cm³/mol. The molecule has 4 nitrogen and oxygen atoms in total. The van der Waals surface area contributed by atoms with Crippen LogP contribution in [0.3, 0.4) is 0 Å². The number of hydrogen-bond donors (Lipinski definition) is 2. The summed E-state index contributed by atoms with van der Waals surface area (Å²) in [6.07, 6.45) is 0.919. The molecule has 0 amide bonds. The first-order valence-electron chi connectivity index (χ1n) is 6.80.